The molecule has 0 aliphatic carbocycles. The molecule has 1 amide bonds. The normalized spacial score (nSPS) is 12.7. The van der Waals surface area contributed by atoms with Gasteiger partial charge in [-0.3, -0.25) is 4.79 Å². The quantitative estimate of drug-likeness (QED) is 0.243. The Bertz CT molecular complexity index is 346. The first-order valence-electron chi connectivity index (χ1n) is 11.6. The molecule has 4 heteroatoms. The first-order chi connectivity index (χ1) is 14.1. The van der Waals surface area contributed by atoms with Crippen LogP contribution in [-0.4, -0.2) is 37.6 Å². The fourth-order valence-corrected chi connectivity index (χ4v) is 3.64. The summed E-state index contributed by atoms with van der Waals surface area (Å²) in [5.74, 6) is 0.0622. The molecular weight excluding hydrogens is 358 g/mol. The number of hydrogen-bond donors (Lipinski definition) is 3. The molecule has 0 aromatic rings. The van der Waals surface area contributed by atoms with Gasteiger partial charge in [-0.25, -0.2) is 0 Å². The Morgan fingerprint density at radius 3 is 1.62 bits per heavy atom. The zero-order valence-electron chi connectivity index (χ0n) is 18.8. The first-order valence-corrected chi connectivity index (χ1v) is 11.6. The molecule has 29 heavy (non-hydrogen) atoms. The molecule has 0 aliphatic heterocycles. The summed E-state index contributed by atoms with van der Waals surface area (Å²) in [4.78, 5) is 12.3. The number of nitrogens with one attached hydrogen (secondary N) is 3. The number of carbonyl (C=O) groups is 1. The Hall–Kier alpha value is -0.610. The Labute approximate surface area is 182 Å². The van der Waals surface area contributed by atoms with E-state index in [-0.39, 0.29) is 11.9 Å². The predicted octanol–water partition coefficient (Wildman–Crippen LogP) is 4.71. The van der Waals surface area contributed by atoms with Gasteiger partial charge in [0, 0.05) is 19.1 Å². The van der Waals surface area contributed by atoms with Crippen LogP contribution >= 0.6 is 0 Å². The van der Waals surface area contributed by atoms with E-state index < -0.39 is 0 Å². The molecule has 0 spiro atoms. The van der Waals surface area contributed by atoms with Crippen LogP contribution in [-0.2, 0) is 4.79 Å². The molecule has 0 fully saturated rings. The number of likely N-dealkylation sites (N-methyl/N-ethyl adjacent to an activating group) is 1. The lowest BCUT2D eigenvalue weighted by molar-refractivity contribution is -0.123. The summed E-state index contributed by atoms with van der Waals surface area (Å²) in [7, 11) is 1.70. The van der Waals surface area contributed by atoms with Crippen LogP contribution in [0.25, 0.3) is 0 Å². The van der Waals surface area contributed by atoms with Crippen LogP contribution in [0.3, 0.4) is 0 Å². The molecule has 0 aromatic carbocycles. The molecule has 0 aromatic heterocycles. The van der Waals surface area contributed by atoms with Crippen molar-refractivity contribution in [2.75, 3.05) is 13.6 Å². The lowest BCUT2D eigenvalue weighted by Gasteiger charge is -2.25. The second-order valence-electron chi connectivity index (χ2n) is 7.90. The minimum atomic E-state index is -0.161. The van der Waals surface area contributed by atoms with Gasteiger partial charge in [0.15, 0.2) is 0 Å². The molecule has 1 atom stereocenters. The van der Waals surface area contributed by atoms with Crippen molar-refractivity contribution in [1.82, 2.24) is 16.0 Å². The van der Waals surface area contributed by atoms with E-state index in [1.54, 1.807) is 7.05 Å². The van der Waals surface area contributed by atoms with Crippen LogP contribution in [0.2, 0.25) is 0 Å². The zero-order chi connectivity index (χ0) is 21.7. The van der Waals surface area contributed by atoms with Crippen LogP contribution in [0.1, 0.15) is 96.3 Å². The van der Waals surface area contributed by atoms with Gasteiger partial charge in [-0.2, -0.15) is 0 Å². The van der Waals surface area contributed by atoms with Crippen molar-refractivity contribution >= 4 is 5.91 Å². The average molecular weight is 404 g/mol. The van der Waals surface area contributed by atoms with Crippen LogP contribution in [0, 0.1) is 27.7 Å². The van der Waals surface area contributed by atoms with Crippen LogP contribution in [0.5, 0.6) is 0 Å². The van der Waals surface area contributed by atoms with Gasteiger partial charge < -0.3 is 16.0 Å². The van der Waals surface area contributed by atoms with Crippen molar-refractivity contribution in [2.45, 2.75) is 114 Å². The van der Waals surface area contributed by atoms with Crippen molar-refractivity contribution in [1.29, 1.82) is 0 Å². The molecule has 0 heterocycles. The fraction of sp³-hybridized carbons (Fsp3) is 0.800. The highest BCUT2D eigenvalue weighted by Gasteiger charge is 2.20. The van der Waals surface area contributed by atoms with Crippen molar-refractivity contribution in [3.05, 3.63) is 27.7 Å². The van der Waals surface area contributed by atoms with Crippen LogP contribution in [0.15, 0.2) is 0 Å². The van der Waals surface area contributed by atoms with Crippen molar-refractivity contribution in [2.24, 2.45) is 0 Å². The van der Waals surface area contributed by atoms with Crippen molar-refractivity contribution in [3.63, 3.8) is 0 Å². The summed E-state index contributed by atoms with van der Waals surface area (Å²) in [5.41, 5.74) is 0. The number of carbonyl (C=O) groups excluding carboxylic acids is 1. The topological polar surface area (TPSA) is 53.2 Å². The van der Waals surface area contributed by atoms with Crippen LogP contribution in [0.4, 0.5) is 0 Å². The summed E-state index contributed by atoms with van der Waals surface area (Å²) in [6, 6.07) is 0.622. The molecule has 0 bridgehead atoms. The van der Waals surface area contributed by atoms with Gasteiger partial charge in [-0.1, -0.05) is 32.1 Å². The summed E-state index contributed by atoms with van der Waals surface area (Å²) in [6.07, 6.45) is 13.8. The molecular formula is C25H45N3O. The van der Waals surface area contributed by atoms with Crippen molar-refractivity contribution < 1.29 is 4.79 Å². The average Bonchev–Trinajstić information content (AvgIpc) is 2.74. The Morgan fingerprint density at radius 1 is 0.690 bits per heavy atom. The van der Waals surface area contributed by atoms with Gasteiger partial charge in [0.05, 0.1) is 6.04 Å². The number of rotatable bonds is 21. The monoisotopic (exact) mass is 403 g/mol. The van der Waals surface area contributed by atoms with Gasteiger partial charge in [0.2, 0.25) is 5.91 Å². The first kappa shape index (κ1) is 28.4. The lowest BCUT2D eigenvalue weighted by Crippen LogP contribution is -2.47. The summed E-state index contributed by atoms with van der Waals surface area (Å²) in [6.45, 7) is 23.6. The number of hydrogen-bond acceptors (Lipinski definition) is 3. The smallest absolute Gasteiger partial charge is 0.236 e. The summed E-state index contributed by atoms with van der Waals surface area (Å²) < 4.78 is 0. The maximum atomic E-state index is 12.3. The van der Waals surface area contributed by atoms with E-state index in [0.717, 1.165) is 90.0 Å². The third-order valence-electron chi connectivity index (χ3n) is 5.38. The van der Waals surface area contributed by atoms with Gasteiger partial charge in [0.1, 0.15) is 0 Å². The molecule has 3 N–H and O–H groups in total. The molecule has 0 saturated heterocycles. The summed E-state index contributed by atoms with van der Waals surface area (Å²) >= 11 is 0. The molecule has 4 nitrogen and oxygen atoms in total. The fourth-order valence-electron chi connectivity index (χ4n) is 3.64. The predicted molar refractivity (Wildman–Crippen MR) is 123 cm³/mol. The second kappa shape index (κ2) is 20.7. The Balaban J connectivity index is 4.39. The standard InChI is InChI=1S/C25H45N3O/c1-6-10-16-22(17-11-7-2)27-21-15-14-20-24(25(29)26-5)28-23(18-12-8-3)19-13-9-4/h1-4,22-24,27-28H,6-21H2,5H3,(H,26,29)/t24-/m1/s1. The third kappa shape index (κ3) is 15.8. The third-order valence-corrected chi connectivity index (χ3v) is 5.38. The molecule has 0 aliphatic rings. The Morgan fingerprint density at radius 2 is 1.17 bits per heavy atom. The minimum Gasteiger partial charge on any atom is -0.358 e. The summed E-state index contributed by atoms with van der Waals surface area (Å²) in [5, 5.41) is 10.00. The maximum absolute atomic E-state index is 12.3. The molecule has 0 rings (SSSR count). The highest BCUT2D eigenvalue weighted by Crippen LogP contribution is 2.12. The molecule has 0 unspecified atom stereocenters. The van der Waals surface area contributed by atoms with Gasteiger partial charge in [-0.15, -0.1) is 0 Å². The van der Waals surface area contributed by atoms with Crippen LogP contribution < -0.4 is 16.0 Å². The van der Waals surface area contributed by atoms with E-state index in [0.29, 0.717) is 24.9 Å². The van der Waals surface area contributed by atoms with E-state index >= 15 is 0 Å². The van der Waals surface area contributed by atoms with E-state index in [1.165, 1.54) is 0 Å². The van der Waals surface area contributed by atoms with E-state index in [9.17, 15) is 4.79 Å². The molecule has 166 valence electrons. The Kier molecular flexibility index (Phi) is 20.2. The highest BCUT2D eigenvalue weighted by molar-refractivity contribution is 5.81. The van der Waals surface area contributed by atoms with E-state index in [4.69, 9.17) is 27.7 Å². The minimum absolute atomic E-state index is 0.0622. The van der Waals surface area contributed by atoms with E-state index in [1.807, 2.05) is 0 Å². The molecule has 0 saturated carbocycles. The maximum Gasteiger partial charge on any atom is 0.236 e. The molecule has 8 radical (unpaired) electrons. The largest absolute Gasteiger partial charge is 0.358 e. The number of unbranched alkanes of at least 4 members (excludes halogenated alkanes) is 5. The lowest BCUT2D eigenvalue weighted by atomic mass is 10.0. The highest BCUT2D eigenvalue weighted by atomic mass is 16.2. The SMILES string of the molecule is [CH]CCCC(CCC[CH])NCCCC[C@@H](NC(CCC[CH])CCC[CH])C(=O)NC. The van der Waals surface area contributed by atoms with Crippen molar-refractivity contribution in [3.8, 4) is 0 Å². The van der Waals surface area contributed by atoms with Gasteiger partial charge in [-0.05, 0) is 98.4 Å². The van der Waals surface area contributed by atoms with Gasteiger partial charge >= 0.3 is 0 Å². The number of amides is 1. The van der Waals surface area contributed by atoms with E-state index in [2.05, 4.69) is 16.0 Å². The zero-order valence-corrected chi connectivity index (χ0v) is 18.8. The van der Waals surface area contributed by atoms with Gasteiger partial charge in [0.25, 0.3) is 0 Å². The second-order valence-corrected chi connectivity index (χ2v) is 7.90.